The van der Waals surface area contributed by atoms with Crippen molar-refractivity contribution < 1.29 is 0 Å². The van der Waals surface area contributed by atoms with Gasteiger partial charge in [0.05, 0.1) is 5.71 Å². The minimum Gasteiger partial charge on any atom is -0.321 e. The number of thiocarbonyl (C=S) groups is 2. The first-order chi connectivity index (χ1) is 11.6. The van der Waals surface area contributed by atoms with Crippen LogP contribution in [0.2, 0.25) is 0 Å². The molecule has 0 saturated heterocycles. The highest BCUT2D eigenvalue weighted by Crippen LogP contribution is 2.10. The lowest BCUT2D eigenvalue weighted by Gasteiger charge is -2.21. The number of rotatable bonds is 3. The second-order valence-electron chi connectivity index (χ2n) is 4.95. The number of anilines is 1. The zero-order chi connectivity index (χ0) is 17.4. The molecule has 0 aliphatic rings. The van der Waals surface area contributed by atoms with E-state index in [-0.39, 0.29) is 0 Å². The first kappa shape index (κ1) is 17.8. The summed E-state index contributed by atoms with van der Waals surface area (Å²) in [4.78, 5) is 1.84. The average molecular weight is 358 g/mol. The molecule has 0 aliphatic heterocycles. The van der Waals surface area contributed by atoms with E-state index in [1.807, 2.05) is 79.5 Å². The first-order valence-corrected chi connectivity index (χ1v) is 8.14. The van der Waals surface area contributed by atoms with Crippen molar-refractivity contribution in [3.05, 3.63) is 66.2 Å². The van der Waals surface area contributed by atoms with E-state index >= 15 is 0 Å². The Labute approximate surface area is 152 Å². The SMILES string of the molecule is C/C(=N\NC(=S)NNC(=S)N(C)c1ccccc1)c1ccccc1. The summed E-state index contributed by atoms with van der Waals surface area (Å²) in [5.41, 5.74) is 11.3. The molecule has 0 spiro atoms. The predicted molar refractivity (Wildman–Crippen MR) is 108 cm³/mol. The van der Waals surface area contributed by atoms with Gasteiger partial charge in [0.2, 0.25) is 5.11 Å². The number of para-hydroxylation sites is 1. The molecule has 0 heterocycles. The summed E-state index contributed by atoms with van der Waals surface area (Å²) >= 11 is 10.5. The Kier molecular flexibility index (Phi) is 6.65. The first-order valence-electron chi connectivity index (χ1n) is 7.32. The Balaban J connectivity index is 1.82. The summed E-state index contributed by atoms with van der Waals surface area (Å²) in [7, 11) is 1.88. The van der Waals surface area contributed by atoms with Gasteiger partial charge in [-0.15, -0.1) is 0 Å². The lowest BCUT2D eigenvalue weighted by Crippen LogP contribution is -2.50. The lowest BCUT2D eigenvalue weighted by molar-refractivity contribution is 0.824. The molecule has 0 unspecified atom stereocenters. The third kappa shape index (κ3) is 5.29. The van der Waals surface area contributed by atoms with Crippen LogP contribution in [0.4, 0.5) is 5.69 Å². The topological polar surface area (TPSA) is 51.7 Å². The normalized spacial score (nSPS) is 10.7. The molecule has 124 valence electrons. The average Bonchev–Trinajstić information content (AvgIpc) is 2.64. The fraction of sp³-hybridized carbons (Fsp3) is 0.118. The molecular formula is C17H19N5S2. The van der Waals surface area contributed by atoms with Crippen molar-refractivity contribution in [1.82, 2.24) is 16.3 Å². The number of nitrogens with zero attached hydrogens (tertiary/aromatic N) is 2. The van der Waals surface area contributed by atoms with Gasteiger partial charge in [-0.2, -0.15) is 5.10 Å². The number of hydrazone groups is 1. The minimum absolute atomic E-state index is 0.328. The monoisotopic (exact) mass is 357 g/mol. The zero-order valence-corrected chi connectivity index (χ0v) is 15.1. The van der Waals surface area contributed by atoms with Crippen LogP contribution in [0.25, 0.3) is 0 Å². The van der Waals surface area contributed by atoms with Crippen LogP contribution in [0.3, 0.4) is 0 Å². The molecule has 24 heavy (non-hydrogen) atoms. The van der Waals surface area contributed by atoms with E-state index in [1.165, 1.54) is 0 Å². The third-order valence-electron chi connectivity index (χ3n) is 3.25. The Morgan fingerprint density at radius 1 is 0.917 bits per heavy atom. The van der Waals surface area contributed by atoms with Gasteiger partial charge < -0.3 is 4.90 Å². The highest BCUT2D eigenvalue weighted by molar-refractivity contribution is 7.80. The van der Waals surface area contributed by atoms with Crippen molar-refractivity contribution in [2.45, 2.75) is 6.92 Å². The van der Waals surface area contributed by atoms with Gasteiger partial charge in [0.15, 0.2) is 5.11 Å². The number of nitrogens with one attached hydrogen (secondary N) is 3. The number of hydrazine groups is 1. The van der Waals surface area contributed by atoms with Crippen molar-refractivity contribution in [2.24, 2.45) is 5.10 Å². The molecule has 7 heteroatoms. The van der Waals surface area contributed by atoms with Crippen LogP contribution in [-0.4, -0.2) is 23.0 Å². The standard InChI is InChI=1S/C17H19N5S2/c1-13(14-9-5-3-6-10-14)18-19-16(23)20-21-17(24)22(2)15-11-7-4-8-12-15/h3-12H,1-2H3,(H,21,24)(H2,19,20,23)/b18-13+. The van der Waals surface area contributed by atoms with Crippen LogP contribution in [0.15, 0.2) is 65.8 Å². The minimum atomic E-state index is 0.328. The molecule has 0 amide bonds. The van der Waals surface area contributed by atoms with Gasteiger partial charge in [0, 0.05) is 12.7 Å². The lowest BCUT2D eigenvalue weighted by atomic mass is 10.1. The van der Waals surface area contributed by atoms with E-state index in [1.54, 1.807) is 0 Å². The van der Waals surface area contributed by atoms with Crippen molar-refractivity contribution in [2.75, 3.05) is 11.9 Å². The number of benzene rings is 2. The summed E-state index contributed by atoms with van der Waals surface area (Å²) in [6, 6.07) is 19.7. The fourth-order valence-electron chi connectivity index (χ4n) is 1.87. The van der Waals surface area contributed by atoms with E-state index in [4.69, 9.17) is 24.4 Å². The summed E-state index contributed by atoms with van der Waals surface area (Å²) < 4.78 is 0. The molecule has 0 aromatic heterocycles. The maximum atomic E-state index is 5.32. The molecule has 3 N–H and O–H groups in total. The predicted octanol–water partition coefficient (Wildman–Crippen LogP) is 2.80. The second kappa shape index (κ2) is 8.95. The van der Waals surface area contributed by atoms with Gasteiger partial charge in [-0.05, 0) is 49.1 Å². The molecule has 2 rings (SSSR count). The summed E-state index contributed by atoms with van der Waals surface area (Å²) in [5, 5.41) is 5.06. The van der Waals surface area contributed by atoms with Crippen molar-refractivity contribution >= 4 is 46.1 Å². The molecule has 2 aromatic carbocycles. The van der Waals surface area contributed by atoms with Crippen LogP contribution < -0.4 is 21.2 Å². The molecule has 2 aromatic rings. The molecule has 0 radical (unpaired) electrons. The second-order valence-corrected chi connectivity index (χ2v) is 5.75. The smallest absolute Gasteiger partial charge is 0.205 e. The summed E-state index contributed by atoms with van der Waals surface area (Å²) in [6.07, 6.45) is 0. The zero-order valence-electron chi connectivity index (χ0n) is 13.5. The maximum Gasteiger partial charge on any atom is 0.205 e. The van der Waals surface area contributed by atoms with E-state index in [0.29, 0.717) is 10.2 Å². The number of hydrogen-bond donors (Lipinski definition) is 3. The molecule has 0 fully saturated rings. The van der Waals surface area contributed by atoms with E-state index in [9.17, 15) is 0 Å². The Bertz CT molecular complexity index is 716. The van der Waals surface area contributed by atoms with Crippen molar-refractivity contribution in [3.8, 4) is 0 Å². The molecule has 5 nitrogen and oxygen atoms in total. The Morgan fingerprint density at radius 3 is 2.12 bits per heavy atom. The molecule has 0 aliphatic carbocycles. The van der Waals surface area contributed by atoms with Crippen molar-refractivity contribution in [3.63, 3.8) is 0 Å². The van der Waals surface area contributed by atoms with Gasteiger partial charge in [-0.1, -0.05) is 48.5 Å². The molecular weight excluding hydrogens is 338 g/mol. The van der Waals surface area contributed by atoms with Gasteiger partial charge >= 0.3 is 0 Å². The van der Waals surface area contributed by atoms with Gasteiger partial charge in [0.1, 0.15) is 0 Å². The van der Waals surface area contributed by atoms with Crippen LogP contribution in [-0.2, 0) is 0 Å². The maximum absolute atomic E-state index is 5.32. The van der Waals surface area contributed by atoms with E-state index in [0.717, 1.165) is 17.0 Å². The van der Waals surface area contributed by atoms with Crippen LogP contribution >= 0.6 is 24.4 Å². The highest BCUT2D eigenvalue weighted by atomic mass is 32.1. The van der Waals surface area contributed by atoms with Crippen LogP contribution in [0.1, 0.15) is 12.5 Å². The van der Waals surface area contributed by atoms with Crippen molar-refractivity contribution in [1.29, 1.82) is 0 Å². The van der Waals surface area contributed by atoms with Gasteiger partial charge in [-0.3, -0.25) is 16.3 Å². The summed E-state index contributed by atoms with van der Waals surface area (Å²) in [6.45, 7) is 1.91. The quantitative estimate of drug-likeness (QED) is 0.446. The molecule has 0 saturated carbocycles. The third-order valence-corrected chi connectivity index (χ3v) is 3.82. The Morgan fingerprint density at radius 2 is 1.50 bits per heavy atom. The van der Waals surface area contributed by atoms with Crippen LogP contribution in [0, 0.1) is 0 Å². The highest BCUT2D eigenvalue weighted by Gasteiger charge is 2.06. The van der Waals surface area contributed by atoms with Crippen LogP contribution in [0.5, 0.6) is 0 Å². The molecule has 0 bridgehead atoms. The summed E-state index contributed by atoms with van der Waals surface area (Å²) in [5.74, 6) is 0. The van der Waals surface area contributed by atoms with Gasteiger partial charge in [-0.25, -0.2) is 0 Å². The largest absolute Gasteiger partial charge is 0.321 e. The fourth-order valence-corrected chi connectivity index (χ4v) is 2.12. The Hall–Kier alpha value is -2.51. The van der Waals surface area contributed by atoms with E-state index < -0.39 is 0 Å². The molecule has 0 atom stereocenters. The van der Waals surface area contributed by atoms with E-state index in [2.05, 4.69) is 21.4 Å². The number of hydrogen-bond acceptors (Lipinski definition) is 3. The van der Waals surface area contributed by atoms with Gasteiger partial charge in [0.25, 0.3) is 0 Å².